The van der Waals surface area contributed by atoms with Gasteiger partial charge in [0.05, 0.1) is 12.2 Å². The fourth-order valence-electron chi connectivity index (χ4n) is 5.33. The molecule has 1 aliphatic rings. The Labute approximate surface area is 277 Å². The largest absolute Gasteiger partial charge is 0.504 e. The standard InChI is InChI=1S/C35H31FN6O4.ClH/c36-30-17-25(6-7-26(30)19-37)34-28(20-38)35(42-14-11-27(39)12-15-42)40-21-29(34)24-8-9-32(31(43)18-24)46-16-13-23-3-1-22(2-4-23)5-10-33(44)41-45;/h1-10,17-18,21,27,43,45H,11-16,39H2,(H,41,44);1H/b10-5+;. The topological polar surface area (TPSA) is 169 Å². The second-order valence-electron chi connectivity index (χ2n) is 10.8. The van der Waals surface area contributed by atoms with Crippen LogP contribution in [0.2, 0.25) is 0 Å². The lowest BCUT2D eigenvalue weighted by Crippen LogP contribution is -2.40. The number of hydroxylamine groups is 1. The van der Waals surface area contributed by atoms with Crippen molar-refractivity contribution in [2.24, 2.45) is 5.73 Å². The minimum absolute atomic E-state index is 0. The summed E-state index contributed by atoms with van der Waals surface area (Å²) in [5.41, 5.74) is 11.4. The van der Waals surface area contributed by atoms with Crippen LogP contribution < -0.4 is 20.9 Å². The molecule has 0 unspecified atom stereocenters. The average molecular weight is 655 g/mol. The number of rotatable bonds is 9. The van der Waals surface area contributed by atoms with Crippen LogP contribution in [0.25, 0.3) is 28.3 Å². The molecular formula is C35H32ClFN6O4. The highest BCUT2D eigenvalue weighted by Crippen LogP contribution is 2.41. The number of nitriles is 2. The van der Waals surface area contributed by atoms with Gasteiger partial charge < -0.3 is 20.5 Å². The molecule has 1 amide bonds. The first-order chi connectivity index (χ1) is 22.3. The van der Waals surface area contributed by atoms with E-state index in [4.69, 9.17) is 15.7 Å². The molecule has 0 aliphatic carbocycles. The van der Waals surface area contributed by atoms with E-state index in [1.54, 1.807) is 30.5 Å². The molecule has 47 heavy (non-hydrogen) atoms. The number of nitrogens with one attached hydrogen (secondary N) is 1. The van der Waals surface area contributed by atoms with Crippen LogP contribution in [0.4, 0.5) is 10.2 Å². The lowest BCUT2D eigenvalue weighted by Gasteiger charge is -2.32. The number of ether oxygens (including phenoxy) is 1. The third-order valence-electron chi connectivity index (χ3n) is 7.82. The number of phenols is 1. The maximum absolute atomic E-state index is 14.8. The monoisotopic (exact) mass is 654 g/mol. The number of carbonyl (C=O) groups is 1. The molecule has 1 aliphatic heterocycles. The normalized spacial score (nSPS) is 13.0. The Morgan fingerprint density at radius 3 is 2.45 bits per heavy atom. The van der Waals surface area contributed by atoms with Gasteiger partial charge in [0.15, 0.2) is 11.5 Å². The summed E-state index contributed by atoms with van der Waals surface area (Å²) >= 11 is 0. The van der Waals surface area contributed by atoms with E-state index in [0.29, 0.717) is 47.6 Å². The van der Waals surface area contributed by atoms with Gasteiger partial charge >= 0.3 is 0 Å². The molecule has 5 N–H and O–H groups in total. The number of halogens is 2. The fraction of sp³-hybridized carbons (Fsp3) is 0.200. The number of carbonyl (C=O) groups excluding carboxylic acids is 1. The third kappa shape index (κ3) is 8.04. The maximum atomic E-state index is 14.8. The molecule has 1 aromatic heterocycles. The molecular weight excluding hydrogens is 623 g/mol. The average Bonchev–Trinajstić information content (AvgIpc) is 3.08. The second kappa shape index (κ2) is 15.7. The number of anilines is 1. The van der Waals surface area contributed by atoms with Crippen LogP contribution in [-0.2, 0) is 11.2 Å². The predicted octanol–water partition coefficient (Wildman–Crippen LogP) is 5.49. The van der Waals surface area contributed by atoms with Crippen molar-refractivity contribution in [1.82, 2.24) is 10.5 Å². The predicted molar refractivity (Wildman–Crippen MR) is 177 cm³/mol. The summed E-state index contributed by atoms with van der Waals surface area (Å²) in [6.07, 6.45) is 6.44. The Bertz CT molecular complexity index is 1860. The van der Waals surface area contributed by atoms with E-state index < -0.39 is 11.7 Å². The number of aromatic hydroxyl groups is 1. The van der Waals surface area contributed by atoms with E-state index in [2.05, 4.69) is 11.1 Å². The molecule has 0 radical (unpaired) electrons. The third-order valence-corrected chi connectivity index (χ3v) is 7.82. The highest BCUT2D eigenvalue weighted by molar-refractivity contribution is 5.91. The summed E-state index contributed by atoms with van der Waals surface area (Å²) in [5, 5.41) is 39.1. The number of pyridine rings is 1. The Morgan fingerprint density at radius 1 is 1.09 bits per heavy atom. The SMILES string of the molecule is Cl.N#Cc1ccc(-c2c(-c3ccc(OCCc4ccc(/C=C/C(=O)NO)cc4)c(O)c3)cnc(N3CCC(N)CC3)c2C#N)cc1F. The number of hydrogen-bond donors (Lipinski definition) is 4. The van der Waals surface area contributed by atoms with Gasteiger partial charge in [-0.3, -0.25) is 10.0 Å². The van der Waals surface area contributed by atoms with Crippen molar-refractivity contribution in [2.75, 3.05) is 24.6 Å². The number of phenolic OH excluding ortho intramolecular Hbond substituents is 1. The molecule has 10 nitrogen and oxygen atoms in total. The first-order valence-electron chi connectivity index (χ1n) is 14.6. The number of nitrogens with zero attached hydrogens (tertiary/aromatic N) is 4. The van der Waals surface area contributed by atoms with Crippen molar-refractivity contribution in [3.63, 3.8) is 0 Å². The Balaban J connectivity index is 0.00000500. The van der Waals surface area contributed by atoms with Gasteiger partial charge in [-0.25, -0.2) is 14.9 Å². The number of nitrogens with two attached hydrogens (primary N) is 1. The summed E-state index contributed by atoms with van der Waals surface area (Å²) in [5.74, 6) is -0.709. The van der Waals surface area contributed by atoms with E-state index in [9.17, 15) is 24.8 Å². The van der Waals surface area contributed by atoms with Gasteiger partial charge in [-0.15, -0.1) is 12.4 Å². The van der Waals surface area contributed by atoms with Crippen LogP contribution in [0.15, 0.2) is 72.9 Å². The zero-order chi connectivity index (χ0) is 32.6. The summed E-state index contributed by atoms with van der Waals surface area (Å²) in [6.45, 7) is 1.53. The summed E-state index contributed by atoms with van der Waals surface area (Å²) in [4.78, 5) is 17.8. The molecule has 4 aromatic rings. The lowest BCUT2D eigenvalue weighted by molar-refractivity contribution is -0.124. The van der Waals surface area contributed by atoms with E-state index in [1.165, 1.54) is 29.8 Å². The van der Waals surface area contributed by atoms with Crippen molar-refractivity contribution in [1.29, 1.82) is 10.5 Å². The van der Waals surface area contributed by atoms with Crippen LogP contribution in [0.1, 0.15) is 35.1 Å². The minimum Gasteiger partial charge on any atom is -0.504 e. The fourth-order valence-corrected chi connectivity index (χ4v) is 5.33. The number of amides is 1. The first-order valence-corrected chi connectivity index (χ1v) is 14.6. The highest BCUT2D eigenvalue weighted by atomic mass is 35.5. The van der Waals surface area contributed by atoms with E-state index in [-0.39, 0.29) is 47.7 Å². The van der Waals surface area contributed by atoms with Crippen molar-refractivity contribution in [3.05, 3.63) is 101 Å². The molecule has 0 spiro atoms. The van der Waals surface area contributed by atoms with E-state index in [1.807, 2.05) is 35.2 Å². The first kappa shape index (κ1) is 34.4. The summed E-state index contributed by atoms with van der Waals surface area (Å²) < 4.78 is 20.7. The van der Waals surface area contributed by atoms with E-state index >= 15 is 0 Å². The van der Waals surface area contributed by atoms with Crippen molar-refractivity contribution in [2.45, 2.75) is 25.3 Å². The number of benzene rings is 3. The summed E-state index contributed by atoms with van der Waals surface area (Å²) in [7, 11) is 0. The van der Waals surface area contributed by atoms with Crippen molar-refractivity contribution in [3.8, 4) is 45.9 Å². The van der Waals surface area contributed by atoms with Crippen LogP contribution in [0.5, 0.6) is 11.5 Å². The van der Waals surface area contributed by atoms with Crippen molar-refractivity contribution < 1.29 is 24.2 Å². The zero-order valence-corrected chi connectivity index (χ0v) is 26.0. The second-order valence-corrected chi connectivity index (χ2v) is 10.8. The molecule has 12 heteroatoms. The van der Waals surface area contributed by atoms with Crippen LogP contribution in [-0.4, -0.2) is 46.9 Å². The van der Waals surface area contributed by atoms with Gasteiger partial charge in [0, 0.05) is 49.0 Å². The minimum atomic E-state index is -0.705. The Kier molecular flexibility index (Phi) is 11.5. The molecule has 240 valence electrons. The Hall–Kier alpha value is -5.46. The molecule has 2 heterocycles. The van der Waals surface area contributed by atoms with Crippen molar-refractivity contribution >= 4 is 30.2 Å². The smallest absolute Gasteiger partial charge is 0.267 e. The van der Waals surface area contributed by atoms with Gasteiger partial charge in [0.2, 0.25) is 0 Å². The quantitative estimate of drug-likeness (QED) is 0.104. The molecule has 0 saturated carbocycles. The number of aromatic nitrogens is 1. The molecule has 3 aromatic carbocycles. The molecule has 1 saturated heterocycles. The van der Waals surface area contributed by atoms with Gasteiger partial charge in [-0.1, -0.05) is 36.4 Å². The molecule has 5 rings (SSSR count). The van der Waals surface area contributed by atoms with Gasteiger partial charge in [0.25, 0.3) is 5.91 Å². The van der Waals surface area contributed by atoms with E-state index in [0.717, 1.165) is 24.0 Å². The Morgan fingerprint density at radius 2 is 1.81 bits per heavy atom. The molecule has 0 bridgehead atoms. The number of piperidine rings is 1. The molecule has 0 atom stereocenters. The molecule has 1 fully saturated rings. The highest BCUT2D eigenvalue weighted by Gasteiger charge is 2.25. The van der Waals surface area contributed by atoms with Gasteiger partial charge in [-0.05, 0) is 65.4 Å². The van der Waals surface area contributed by atoms with Crippen LogP contribution in [0, 0.1) is 28.5 Å². The van der Waals surface area contributed by atoms with Gasteiger partial charge in [-0.2, -0.15) is 10.5 Å². The van der Waals surface area contributed by atoms with Crippen LogP contribution >= 0.6 is 12.4 Å². The maximum Gasteiger partial charge on any atom is 0.267 e. The lowest BCUT2D eigenvalue weighted by atomic mass is 9.91. The van der Waals surface area contributed by atoms with Gasteiger partial charge in [0.1, 0.15) is 29.3 Å². The number of hydrogen-bond acceptors (Lipinski definition) is 9. The summed E-state index contributed by atoms with van der Waals surface area (Å²) in [6, 6.07) is 20.7. The van der Waals surface area contributed by atoms with Crippen LogP contribution in [0.3, 0.4) is 0 Å². The zero-order valence-electron chi connectivity index (χ0n) is 25.2.